The molecule has 0 spiro atoms. The lowest BCUT2D eigenvalue weighted by atomic mass is 10.1. The van der Waals surface area contributed by atoms with Gasteiger partial charge >= 0.3 is 0 Å². The van der Waals surface area contributed by atoms with E-state index in [0.717, 1.165) is 12.2 Å². The number of carbonyl (C=O) groups excluding carboxylic acids is 1. The number of hydrogen-bond donors (Lipinski definition) is 1. The summed E-state index contributed by atoms with van der Waals surface area (Å²) in [6, 6.07) is 8.09. The van der Waals surface area contributed by atoms with Crippen molar-refractivity contribution in [3.8, 4) is 5.69 Å². The number of rotatable bonds is 2. The van der Waals surface area contributed by atoms with E-state index < -0.39 is 0 Å². The lowest BCUT2D eigenvalue weighted by molar-refractivity contribution is 0.0596. The highest BCUT2D eigenvalue weighted by Gasteiger charge is 2.29. The van der Waals surface area contributed by atoms with Crippen LogP contribution in [0.3, 0.4) is 0 Å². The van der Waals surface area contributed by atoms with Crippen molar-refractivity contribution in [1.82, 2.24) is 20.0 Å². The number of halogens is 2. The molecule has 0 bridgehead atoms. The summed E-state index contributed by atoms with van der Waals surface area (Å²) in [6.45, 7) is 5.57. The van der Waals surface area contributed by atoms with Crippen LogP contribution in [0, 0.1) is 5.82 Å². The second kappa shape index (κ2) is 7.10. The van der Waals surface area contributed by atoms with Crippen LogP contribution in [0.15, 0.2) is 36.5 Å². The lowest BCUT2D eigenvalue weighted by Gasteiger charge is -2.38. The Hall–Kier alpha value is -1.92. The van der Waals surface area contributed by atoms with Gasteiger partial charge in [0.2, 0.25) is 0 Å². The monoisotopic (exact) mass is 338 g/mol. The smallest absolute Gasteiger partial charge is 0.274 e. The summed E-state index contributed by atoms with van der Waals surface area (Å²) < 4.78 is 14.5. The Balaban J connectivity index is 0.00000192. The Kier molecular flexibility index (Phi) is 5.38. The van der Waals surface area contributed by atoms with Gasteiger partial charge in [-0.1, -0.05) is 0 Å². The molecule has 2 atom stereocenters. The average molecular weight is 339 g/mol. The molecule has 2 aromatic rings. The molecule has 1 aromatic heterocycles. The molecule has 1 aliphatic rings. The molecule has 1 fully saturated rings. The van der Waals surface area contributed by atoms with Gasteiger partial charge in [-0.25, -0.2) is 9.07 Å². The Morgan fingerprint density at radius 3 is 2.65 bits per heavy atom. The fraction of sp³-hybridized carbons (Fsp3) is 0.375. The molecule has 7 heteroatoms. The molecule has 2 unspecified atom stereocenters. The van der Waals surface area contributed by atoms with Crippen molar-refractivity contribution >= 4 is 18.3 Å². The van der Waals surface area contributed by atoms with Crippen LogP contribution >= 0.6 is 12.4 Å². The van der Waals surface area contributed by atoms with Crippen LogP contribution in [0.1, 0.15) is 24.3 Å². The van der Waals surface area contributed by atoms with E-state index in [0.29, 0.717) is 12.2 Å². The minimum absolute atomic E-state index is 0. The topological polar surface area (TPSA) is 50.2 Å². The highest BCUT2D eigenvalue weighted by atomic mass is 35.5. The molecule has 1 amide bonds. The molecule has 3 rings (SSSR count). The molecular weight excluding hydrogens is 319 g/mol. The molecule has 1 N–H and O–H groups in total. The summed E-state index contributed by atoms with van der Waals surface area (Å²) in [5.41, 5.74) is 1.13. The Morgan fingerprint density at radius 2 is 1.96 bits per heavy atom. The standard InChI is InChI=1S/C16H19FN4O.ClH/c1-11-12(2)20(10-8-18-11)16(22)15-7-9-21(19-15)14-5-3-13(17)4-6-14;/h3-7,9,11-12,18H,8,10H2,1-2H3;1H. The minimum Gasteiger partial charge on any atom is -0.332 e. The van der Waals surface area contributed by atoms with E-state index in [-0.39, 0.29) is 36.2 Å². The van der Waals surface area contributed by atoms with Crippen LogP contribution in [0.5, 0.6) is 0 Å². The molecule has 5 nitrogen and oxygen atoms in total. The van der Waals surface area contributed by atoms with Gasteiger partial charge in [0.15, 0.2) is 5.69 Å². The number of amides is 1. The number of carbonyl (C=O) groups is 1. The van der Waals surface area contributed by atoms with E-state index >= 15 is 0 Å². The fourth-order valence-corrected chi connectivity index (χ4v) is 2.67. The first-order valence-corrected chi connectivity index (χ1v) is 7.42. The maximum Gasteiger partial charge on any atom is 0.274 e. The molecule has 0 saturated carbocycles. The van der Waals surface area contributed by atoms with Gasteiger partial charge < -0.3 is 10.2 Å². The fourth-order valence-electron chi connectivity index (χ4n) is 2.67. The van der Waals surface area contributed by atoms with E-state index in [1.807, 2.05) is 11.8 Å². The van der Waals surface area contributed by atoms with Gasteiger partial charge in [0.05, 0.1) is 5.69 Å². The molecule has 0 radical (unpaired) electrons. The summed E-state index contributed by atoms with van der Waals surface area (Å²) in [5, 5.41) is 7.68. The van der Waals surface area contributed by atoms with Crippen LogP contribution in [0.2, 0.25) is 0 Å². The highest BCUT2D eigenvalue weighted by molar-refractivity contribution is 5.92. The van der Waals surface area contributed by atoms with Crippen LogP contribution < -0.4 is 5.32 Å². The molecular formula is C16H20ClFN4O. The van der Waals surface area contributed by atoms with E-state index in [4.69, 9.17) is 0 Å². The van der Waals surface area contributed by atoms with Crippen molar-refractivity contribution in [3.05, 3.63) is 48.0 Å². The maximum absolute atomic E-state index is 13.0. The number of piperazine rings is 1. The Morgan fingerprint density at radius 1 is 1.26 bits per heavy atom. The predicted octanol–water partition coefficient (Wildman–Crippen LogP) is 2.26. The van der Waals surface area contributed by atoms with E-state index in [9.17, 15) is 9.18 Å². The normalized spacial score (nSPS) is 20.9. The average Bonchev–Trinajstić information content (AvgIpc) is 3.00. The number of nitrogens with zero attached hydrogens (tertiary/aromatic N) is 3. The summed E-state index contributed by atoms with van der Waals surface area (Å²) >= 11 is 0. The van der Waals surface area contributed by atoms with Gasteiger partial charge in [0.1, 0.15) is 5.82 Å². The van der Waals surface area contributed by atoms with Crippen LogP contribution in [0.25, 0.3) is 5.69 Å². The molecule has 0 aliphatic carbocycles. The highest BCUT2D eigenvalue weighted by Crippen LogP contribution is 2.14. The summed E-state index contributed by atoms with van der Waals surface area (Å²) in [4.78, 5) is 14.5. The Bertz CT molecular complexity index is 673. The summed E-state index contributed by atoms with van der Waals surface area (Å²) in [5.74, 6) is -0.363. The van der Waals surface area contributed by atoms with Gasteiger partial charge in [0.25, 0.3) is 5.91 Å². The van der Waals surface area contributed by atoms with Gasteiger partial charge in [-0.05, 0) is 44.2 Å². The zero-order valence-corrected chi connectivity index (χ0v) is 13.9. The first-order chi connectivity index (χ1) is 10.6. The predicted molar refractivity (Wildman–Crippen MR) is 88.7 cm³/mol. The first kappa shape index (κ1) is 17.4. The second-order valence-corrected chi connectivity index (χ2v) is 5.60. The van der Waals surface area contributed by atoms with Gasteiger partial charge in [-0.2, -0.15) is 5.10 Å². The van der Waals surface area contributed by atoms with Crippen LogP contribution in [0.4, 0.5) is 4.39 Å². The quantitative estimate of drug-likeness (QED) is 0.913. The van der Waals surface area contributed by atoms with Crippen molar-refractivity contribution < 1.29 is 9.18 Å². The molecule has 2 heterocycles. The third kappa shape index (κ3) is 3.54. The van der Waals surface area contributed by atoms with Crippen molar-refractivity contribution in [2.75, 3.05) is 13.1 Å². The van der Waals surface area contributed by atoms with Gasteiger partial charge in [0, 0.05) is 31.4 Å². The van der Waals surface area contributed by atoms with Crippen molar-refractivity contribution in [2.24, 2.45) is 0 Å². The zero-order chi connectivity index (χ0) is 15.7. The molecule has 23 heavy (non-hydrogen) atoms. The number of hydrogen-bond acceptors (Lipinski definition) is 3. The van der Waals surface area contributed by atoms with Crippen LogP contribution in [-0.2, 0) is 0 Å². The number of nitrogens with one attached hydrogen (secondary N) is 1. The van der Waals surface area contributed by atoms with Crippen molar-refractivity contribution in [2.45, 2.75) is 25.9 Å². The maximum atomic E-state index is 13.0. The third-order valence-electron chi connectivity index (χ3n) is 4.19. The number of aromatic nitrogens is 2. The lowest BCUT2D eigenvalue weighted by Crippen LogP contribution is -2.57. The van der Waals surface area contributed by atoms with Gasteiger partial charge in [-0.15, -0.1) is 12.4 Å². The van der Waals surface area contributed by atoms with Crippen molar-refractivity contribution in [1.29, 1.82) is 0 Å². The zero-order valence-electron chi connectivity index (χ0n) is 13.1. The molecule has 1 aromatic carbocycles. The minimum atomic E-state index is -0.296. The third-order valence-corrected chi connectivity index (χ3v) is 4.19. The van der Waals surface area contributed by atoms with Crippen molar-refractivity contribution in [3.63, 3.8) is 0 Å². The molecule has 1 aliphatic heterocycles. The summed E-state index contributed by atoms with van der Waals surface area (Å²) in [6.07, 6.45) is 1.72. The summed E-state index contributed by atoms with van der Waals surface area (Å²) in [7, 11) is 0. The van der Waals surface area contributed by atoms with E-state index in [1.165, 1.54) is 12.1 Å². The largest absolute Gasteiger partial charge is 0.332 e. The number of benzene rings is 1. The molecule has 124 valence electrons. The van der Waals surface area contributed by atoms with Gasteiger partial charge in [-0.3, -0.25) is 4.79 Å². The molecule has 1 saturated heterocycles. The first-order valence-electron chi connectivity index (χ1n) is 7.42. The van der Waals surface area contributed by atoms with Crippen LogP contribution in [-0.4, -0.2) is 45.8 Å². The Labute approximate surface area is 140 Å². The van der Waals surface area contributed by atoms with E-state index in [2.05, 4.69) is 17.3 Å². The SMILES string of the molecule is CC1NCCN(C(=O)c2ccn(-c3ccc(F)cc3)n2)C1C.Cl. The second-order valence-electron chi connectivity index (χ2n) is 5.60. The van der Waals surface area contributed by atoms with E-state index in [1.54, 1.807) is 29.1 Å².